The van der Waals surface area contributed by atoms with Gasteiger partial charge in [0.25, 0.3) is 0 Å². The predicted molar refractivity (Wildman–Crippen MR) is 87.2 cm³/mol. The normalized spacial score (nSPS) is 10.8. The molecule has 22 heavy (non-hydrogen) atoms. The molecule has 1 N–H and O–H groups in total. The average Bonchev–Trinajstić information content (AvgIpc) is 3.02. The second-order valence-corrected chi connectivity index (χ2v) is 5.82. The minimum absolute atomic E-state index is 0.224. The van der Waals surface area contributed by atoms with E-state index >= 15 is 0 Å². The Labute approximate surface area is 132 Å². The number of thiazole rings is 1. The van der Waals surface area contributed by atoms with Crippen LogP contribution in [-0.4, -0.2) is 16.5 Å². The zero-order valence-corrected chi connectivity index (χ0v) is 12.8. The van der Waals surface area contributed by atoms with Crippen molar-refractivity contribution in [3.8, 4) is 11.3 Å². The highest BCUT2D eigenvalue weighted by atomic mass is 32.1. The van der Waals surface area contributed by atoms with Crippen LogP contribution >= 0.6 is 11.3 Å². The number of halogens is 1. The SMILES string of the molecule is Fc1ccc(-c2csc(CCNCc3ccccn3)n2)cc1. The summed E-state index contributed by atoms with van der Waals surface area (Å²) in [7, 11) is 0. The Morgan fingerprint density at radius 1 is 1.09 bits per heavy atom. The molecule has 112 valence electrons. The minimum atomic E-state index is -0.224. The maximum absolute atomic E-state index is 12.9. The molecule has 0 saturated carbocycles. The number of nitrogens with zero attached hydrogens (tertiary/aromatic N) is 2. The summed E-state index contributed by atoms with van der Waals surface area (Å²) in [4.78, 5) is 8.86. The van der Waals surface area contributed by atoms with Crippen LogP contribution in [0.1, 0.15) is 10.7 Å². The van der Waals surface area contributed by atoms with Gasteiger partial charge in [0.05, 0.1) is 16.4 Å². The number of aromatic nitrogens is 2. The van der Waals surface area contributed by atoms with Crippen molar-refractivity contribution < 1.29 is 4.39 Å². The first-order valence-electron chi connectivity index (χ1n) is 7.12. The first-order valence-corrected chi connectivity index (χ1v) is 8.00. The van der Waals surface area contributed by atoms with Crippen molar-refractivity contribution in [2.24, 2.45) is 0 Å². The molecule has 0 aliphatic rings. The lowest BCUT2D eigenvalue weighted by atomic mass is 10.2. The van der Waals surface area contributed by atoms with E-state index in [2.05, 4.69) is 15.3 Å². The van der Waals surface area contributed by atoms with Gasteiger partial charge in [-0.1, -0.05) is 6.07 Å². The highest BCUT2D eigenvalue weighted by molar-refractivity contribution is 7.09. The molecule has 1 aromatic carbocycles. The van der Waals surface area contributed by atoms with Crippen molar-refractivity contribution in [2.45, 2.75) is 13.0 Å². The smallest absolute Gasteiger partial charge is 0.123 e. The molecule has 0 amide bonds. The third-order valence-electron chi connectivity index (χ3n) is 3.24. The number of nitrogens with one attached hydrogen (secondary N) is 1. The van der Waals surface area contributed by atoms with Gasteiger partial charge in [0.15, 0.2) is 0 Å². The van der Waals surface area contributed by atoms with Crippen LogP contribution in [0.5, 0.6) is 0 Å². The van der Waals surface area contributed by atoms with Crippen molar-refractivity contribution in [3.63, 3.8) is 0 Å². The molecule has 0 bridgehead atoms. The lowest BCUT2D eigenvalue weighted by molar-refractivity contribution is 0.628. The standard InChI is InChI=1S/C17H16FN3S/c18-14-6-4-13(5-7-14)16-12-22-17(21-16)8-10-19-11-15-3-1-2-9-20-15/h1-7,9,12,19H,8,10-11H2. The maximum Gasteiger partial charge on any atom is 0.123 e. The maximum atomic E-state index is 12.9. The van der Waals surface area contributed by atoms with Gasteiger partial charge in [-0.2, -0.15) is 0 Å². The molecule has 3 aromatic rings. The predicted octanol–water partition coefficient (Wildman–Crippen LogP) is 3.68. The van der Waals surface area contributed by atoms with Gasteiger partial charge in [-0.15, -0.1) is 11.3 Å². The average molecular weight is 313 g/mol. The van der Waals surface area contributed by atoms with Gasteiger partial charge < -0.3 is 5.32 Å². The molecule has 5 heteroatoms. The topological polar surface area (TPSA) is 37.8 Å². The quantitative estimate of drug-likeness (QED) is 0.706. The van der Waals surface area contributed by atoms with Crippen LogP contribution in [0, 0.1) is 5.82 Å². The van der Waals surface area contributed by atoms with E-state index in [4.69, 9.17) is 0 Å². The van der Waals surface area contributed by atoms with Crippen molar-refractivity contribution in [3.05, 3.63) is 70.6 Å². The van der Waals surface area contributed by atoms with Crippen LogP contribution in [0.25, 0.3) is 11.3 Å². The monoisotopic (exact) mass is 313 g/mol. The van der Waals surface area contributed by atoms with Gasteiger partial charge in [-0.05, 0) is 36.4 Å². The summed E-state index contributed by atoms with van der Waals surface area (Å²) in [5.74, 6) is -0.224. The number of rotatable bonds is 6. The number of benzene rings is 1. The number of hydrogen-bond acceptors (Lipinski definition) is 4. The van der Waals surface area contributed by atoms with Crippen molar-refractivity contribution in [1.29, 1.82) is 0 Å². The van der Waals surface area contributed by atoms with Gasteiger partial charge >= 0.3 is 0 Å². The zero-order valence-electron chi connectivity index (χ0n) is 12.0. The summed E-state index contributed by atoms with van der Waals surface area (Å²) in [6.45, 7) is 1.62. The largest absolute Gasteiger partial charge is 0.311 e. The third-order valence-corrected chi connectivity index (χ3v) is 4.15. The van der Waals surface area contributed by atoms with E-state index in [1.165, 1.54) is 12.1 Å². The number of pyridine rings is 1. The first-order chi connectivity index (χ1) is 10.8. The van der Waals surface area contributed by atoms with Gasteiger partial charge in [0.1, 0.15) is 5.82 Å². The van der Waals surface area contributed by atoms with Crippen molar-refractivity contribution in [2.75, 3.05) is 6.54 Å². The Hall–Kier alpha value is -2.11. The molecular formula is C17H16FN3S. The molecule has 0 aliphatic carbocycles. The van der Waals surface area contributed by atoms with Crippen LogP contribution in [0.3, 0.4) is 0 Å². The lowest BCUT2D eigenvalue weighted by Gasteiger charge is -2.02. The van der Waals surface area contributed by atoms with Crippen LogP contribution < -0.4 is 5.32 Å². The lowest BCUT2D eigenvalue weighted by Crippen LogP contribution is -2.17. The molecule has 0 unspecified atom stereocenters. The molecule has 0 saturated heterocycles. The molecule has 2 heterocycles. The fourth-order valence-electron chi connectivity index (χ4n) is 2.09. The molecule has 2 aromatic heterocycles. The van der Waals surface area contributed by atoms with E-state index in [1.54, 1.807) is 29.7 Å². The Morgan fingerprint density at radius 2 is 1.95 bits per heavy atom. The van der Waals surface area contributed by atoms with Crippen LogP contribution in [-0.2, 0) is 13.0 Å². The molecule has 3 rings (SSSR count). The van der Waals surface area contributed by atoms with E-state index < -0.39 is 0 Å². The van der Waals surface area contributed by atoms with E-state index in [-0.39, 0.29) is 5.82 Å². The molecule has 0 spiro atoms. The number of hydrogen-bond donors (Lipinski definition) is 1. The molecular weight excluding hydrogens is 297 g/mol. The van der Waals surface area contributed by atoms with Gasteiger partial charge in [0, 0.05) is 36.7 Å². The van der Waals surface area contributed by atoms with E-state index in [0.717, 1.165) is 41.5 Å². The van der Waals surface area contributed by atoms with E-state index in [1.807, 2.05) is 23.6 Å². The van der Waals surface area contributed by atoms with Crippen LogP contribution in [0.15, 0.2) is 54.0 Å². The fourth-order valence-corrected chi connectivity index (χ4v) is 2.90. The summed E-state index contributed by atoms with van der Waals surface area (Å²) >= 11 is 1.63. The Morgan fingerprint density at radius 3 is 2.73 bits per heavy atom. The van der Waals surface area contributed by atoms with Crippen molar-refractivity contribution in [1.82, 2.24) is 15.3 Å². The van der Waals surface area contributed by atoms with E-state index in [9.17, 15) is 4.39 Å². The molecule has 0 aliphatic heterocycles. The van der Waals surface area contributed by atoms with Gasteiger partial charge in [0.2, 0.25) is 0 Å². The Balaban J connectivity index is 1.50. The zero-order chi connectivity index (χ0) is 15.2. The summed E-state index contributed by atoms with van der Waals surface area (Å²) in [6, 6.07) is 12.3. The van der Waals surface area contributed by atoms with Crippen LogP contribution in [0.4, 0.5) is 4.39 Å². The highest BCUT2D eigenvalue weighted by Gasteiger charge is 2.04. The molecule has 0 radical (unpaired) electrons. The Bertz CT molecular complexity index is 710. The second kappa shape index (κ2) is 7.24. The highest BCUT2D eigenvalue weighted by Crippen LogP contribution is 2.22. The van der Waals surface area contributed by atoms with Gasteiger partial charge in [-0.25, -0.2) is 9.37 Å². The molecule has 0 fully saturated rings. The summed E-state index contributed by atoms with van der Waals surface area (Å²) < 4.78 is 12.9. The van der Waals surface area contributed by atoms with E-state index in [0.29, 0.717) is 0 Å². The van der Waals surface area contributed by atoms with Gasteiger partial charge in [-0.3, -0.25) is 4.98 Å². The Kier molecular flexibility index (Phi) is 4.88. The van der Waals surface area contributed by atoms with Crippen LogP contribution in [0.2, 0.25) is 0 Å². The van der Waals surface area contributed by atoms with Crippen molar-refractivity contribution >= 4 is 11.3 Å². The first kappa shape index (κ1) is 14.8. The summed E-state index contributed by atoms with van der Waals surface area (Å²) in [5.41, 5.74) is 2.89. The molecule has 0 atom stereocenters. The summed E-state index contributed by atoms with van der Waals surface area (Å²) in [5, 5.41) is 6.45. The second-order valence-electron chi connectivity index (χ2n) is 4.88. The fraction of sp³-hybridized carbons (Fsp3) is 0.176. The minimum Gasteiger partial charge on any atom is -0.311 e. The molecule has 3 nitrogen and oxygen atoms in total. The third kappa shape index (κ3) is 3.96. The summed E-state index contributed by atoms with van der Waals surface area (Å²) in [6.07, 6.45) is 2.67.